The number of hydrogen-bond donors (Lipinski definition) is 0. The second-order valence-corrected chi connectivity index (χ2v) is 3.94. The Labute approximate surface area is 62.9 Å². The lowest BCUT2D eigenvalue weighted by Crippen LogP contribution is -1.91. The van der Waals surface area contributed by atoms with E-state index in [9.17, 15) is 4.39 Å². The molecule has 0 aromatic carbocycles. The zero-order valence-corrected chi connectivity index (χ0v) is 6.54. The molecule has 0 saturated heterocycles. The molecule has 0 unspecified atom stereocenters. The summed E-state index contributed by atoms with van der Waals surface area (Å²) in [6.45, 7) is 1.90. The molecule has 1 aromatic rings. The van der Waals surface area contributed by atoms with Gasteiger partial charge in [0.25, 0.3) is 0 Å². The van der Waals surface area contributed by atoms with Crippen molar-refractivity contribution in [2.45, 2.75) is 25.4 Å². The molecule has 1 aliphatic rings. The van der Waals surface area contributed by atoms with Gasteiger partial charge in [0.1, 0.15) is 5.67 Å². The molecule has 1 saturated carbocycles. The van der Waals surface area contributed by atoms with Gasteiger partial charge < -0.3 is 0 Å². The van der Waals surface area contributed by atoms with Crippen molar-refractivity contribution in [2.75, 3.05) is 0 Å². The fourth-order valence-electron chi connectivity index (χ4n) is 0.925. The summed E-state index contributed by atoms with van der Waals surface area (Å²) in [5, 5.41) is 0.957. The van der Waals surface area contributed by atoms with E-state index in [1.807, 2.05) is 6.92 Å². The number of thiazole rings is 1. The smallest absolute Gasteiger partial charge is 0.146 e. The zero-order chi connectivity index (χ0) is 7.19. The van der Waals surface area contributed by atoms with Crippen LogP contribution in [-0.2, 0) is 5.67 Å². The quantitative estimate of drug-likeness (QED) is 0.610. The van der Waals surface area contributed by atoms with Crippen LogP contribution in [0.4, 0.5) is 4.39 Å². The first-order chi connectivity index (χ1) is 4.71. The minimum Gasteiger partial charge on any atom is -0.250 e. The standard InChI is InChI=1S/C7H8FNS/c1-5-9-4-6(10-5)7(8)2-3-7/h4H,2-3H2,1H3. The largest absolute Gasteiger partial charge is 0.250 e. The molecule has 1 heterocycles. The molecule has 54 valence electrons. The van der Waals surface area contributed by atoms with Gasteiger partial charge in [-0.05, 0) is 19.8 Å². The maximum atomic E-state index is 13.2. The van der Waals surface area contributed by atoms with Gasteiger partial charge in [0.05, 0.1) is 9.88 Å². The summed E-state index contributed by atoms with van der Waals surface area (Å²) in [4.78, 5) is 4.81. The average molecular weight is 157 g/mol. The van der Waals surface area contributed by atoms with Gasteiger partial charge in [-0.15, -0.1) is 11.3 Å². The minimum atomic E-state index is -0.980. The van der Waals surface area contributed by atoms with Crippen molar-refractivity contribution in [1.82, 2.24) is 4.98 Å². The van der Waals surface area contributed by atoms with Gasteiger partial charge in [-0.1, -0.05) is 0 Å². The van der Waals surface area contributed by atoms with Crippen LogP contribution in [0.25, 0.3) is 0 Å². The van der Waals surface area contributed by atoms with Crippen molar-refractivity contribution in [3.8, 4) is 0 Å². The Hall–Kier alpha value is -0.440. The predicted molar refractivity (Wildman–Crippen MR) is 38.9 cm³/mol. The number of aryl methyl sites for hydroxylation is 1. The SMILES string of the molecule is Cc1ncc(C2(F)CC2)s1. The van der Waals surface area contributed by atoms with Crippen molar-refractivity contribution in [3.63, 3.8) is 0 Å². The van der Waals surface area contributed by atoms with Crippen molar-refractivity contribution in [3.05, 3.63) is 16.1 Å². The van der Waals surface area contributed by atoms with Gasteiger partial charge >= 0.3 is 0 Å². The summed E-state index contributed by atoms with van der Waals surface area (Å²) in [5.74, 6) is 0. The third kappa shape index (κ3) is 0.850. The van der Waals surface area contributed by atoms with E-state index in [1.54, 1.807) is 6.20 Å². The maximum Gasteiger partial charge on any atom is 0.146 e. The molecule has 0 amide bonds. The monoisotopic (exact) mass is 157 g/mol. The minimum absolute atomic E-state index is 0.689. The molecule has 1 aromatic heterocycles. The fourth-order valence-corrected chi connectivity index (χ4v) is 1.84. The molecule has 2 rings (SSSR count). The van der Waals surface area contributed by atoms with E-state index >= 15 is 0 Å². The van der Waals surface area contributed by atoms with Crippen molar-refractivity contribution in [1.29, 1.82) is 0 Å². The van der Waals surface area contributed by atoms with Crippen molar-refractivity contribution < 1.29 is 4.39 Å². The van der Waals surface area contributed by atoms with Gasteiger partial charge in [0, 0.05) is 6.20 Å². The van der Waals surface area contributed by atoms with E-state index in [1.165, 1.54) is 11.3 Å². The summed E-state index contributed by atoms with van der Waals surface area (Å²) in [6, 6.07) is 0. The normalized spacial score (nSPS) is 21.0. The molecule has 0 atom stereocenters. The Morgan fingerprint density at radius 1 is 1.70 bits per heavy atom. The summed E-state index contributed by atoms with van der Waals surface area (Å²) in [5.41, 5.74) is -0.980. The Balaban J connectivity index is 2.34. The molecular formula is C7H8FNS. The number of rotatable bonds is 1. The highest BCUT2D eigenvalue weighted by Crippen LogP contribution is 2.51. The topological polar surface area (TPSA) is 12.9 Å². The first-order valence-electron chi connectivity index (χ1n) is 3.32. The molecule has 0 bridgehead atoms. The van der Waals surface area contributed by atoms with Crippen molar-refractivity contribution >= 4 is 11.3 Å². The van der Waals surface area contributed by atoms with Crippen LogP contribution in [0, 0.1) is 6.92 Å². The van der Waals surface area contributed by atoms with E-state index in [-0.39, 0.29) is 0 Å². The van der Waals surface area contributed by atoms with Crippen LogP contribution < -0.4 is 0 Å². The van der Waals surface area contributed by atoms with Crippen LogP contribution in [0.15, 0.2) is 6.20 Å². The summed E-state index contributed by atoms with van der Waals surface area (Å²) in [7, 11) is 0. The van der Waals surface area contributed by atoms with Gasteiger partial charge in [0.15, 0.2) is 0 Å². The van der Waals surface area contributed by atoms with E-state index < -0.39 is 5.67 Å². The molecule has 1 fully saturated rings. The van der Waals surface area contributed by atoms with E-state index in [2.05, 4.69) is 4.98 Å². The first-order valence-corrected chi connectivity index (χ1v) is 4.14. The third-order valence-electron chi connectivity index (χ3n) is 1.75. The van der Waals surface area contributed by atoms with Crippen LogP contribution >= 0.6 is 11.3 Å². The van der Waals surface area contributed by atoms with Gasteiger partial charge in [-0.3, -0.25) is 0 Å². The average Bonchev–Trinajstić information content (AvgIpc) is 2.45. The highest BCUT2D eigenvalue weighted by molar-refractivity contribution is 7.11. The number of nitrogens with zero attached hydrogens (tertiary/aromatic N) is 1. The van der Waals surface area contributed by atoms with Crippen LogP contribution in [-0.4, -0.2) is 4.98 Å². The van der Waals surface area contributed by atoms with Crippen LogP contribution in [0.2, 0.25) is 0 Å². The first kappa shape index (κ1) is 6.28. The van der Waals surface area contributed by atoms with E-state index in [0.717, 1.165) is 9.88 Å². The number of halogens is 1. The second-order valence-electron chi connectivity index (χ2n) is 2.71. The van der Waals surface area contributed by atoms with Gasteiger partial charge in [-0.25, -0.2) is 9.37 Å². The molecule has 0 aliphatic heterocycles. The number of aromatic nitrogens is 1. The maximum absolute atomic E-state index is 13.2. The number of alkyl halides is 1. The highest BCUT2D eigenvalue weighted by Gasteiger charge is 2.46. The Kier molecular flexibility index (Phi) is 1.12. The third-order valence-corrected chi connectivity index (χ3v) is 2.84. The molecule has 1 aliphatic carbocycles. The molecule has 0 N–H and O–H groups in total. The lowest BCUT2D eigenvalue weighted by molar-refractivity contribution is 0.323. The molecular weight excluding hydrogens is 149 g/mol. The molecule has 0 radical (unpaired) electrons. The lowest BCUT2D eigenvalue weighted by atomic mass is 10.3. The van der Waals surface area contributed by atoms with Crippen LogP contribution in [0.1, 0.15) is 22.7 Å². The molecule has 10 heavy (non-hydrogen) atoms. The zero-order valence-electron chi connectivity index (χ0n) is 5.72. The highest BCUT2D eigenvalue weighted by atomic mass is 32.1. The van der Waals surface area contributed by atoms with Crippen LogP contribution in [0.3, 0.4) is 0 Å². The summed E-state index contributed by atoms with van der Waals surface area (Å²) in [6.07, 6.45) is 3.04. The van der Waals surface area contributed by atoms with Crippen LogP contribution in [0.5, 0.6) is 0 Å². The summed E-state index contributed by atoms with van der Waals surface area (Å²) < 4.78 is 13.2. The lowest BCUT2D eigenvalue weighted by Gasteiger charge is -1.95. The predicted octanol–water partition coefficient (Wildman–Crippen LogP) is 2.41. The number of hydrogen-bond acceptors (Lipinski definition) is 2. The van der Waals surface area contributed by atoms with Crippen molar-refractivity contribution in [2.24, 2.45) is 0 Å². The Bertz CT molecular complexity index is 252. The van der Waals surface area contributed by atoms with Gasteiger partial charge in [0.2, 0.25) is 0 Å². The van der Waals surface area contributed by atoms with Gasteiger partial charge in [-0.2, -0.15) is 0 Å². The summed E-state index contributed by atoms with van der Waals surface area (Å²) >= 11 is 1.47. The Morgan fingerprint density at radius 3 is 2.80 bits per heavy atom. The molecule has 3 heteroatoms. The van der Waals surface area contributed by atoms with E-state index in [0.29, 0.717) is 12.8 Å². The fraction of sp³-hybridized carbons (Fsp3) is 0.571. The molecule has 1 nitrogen and oxygen atoms in total. The van der Waals surface area contributed by atoms with E-state index in [4.69, 9.17) is 0 Å². The Morgan fingerprint density at radius 2 is 2.40 bits per heavy atom. The molecule has 0 spiro atoms. The second kappa shape index (κ2) is 1.78.